The van der Waals surface area contributed by atoms with Gasteiger partial charge in [0.25, 0.3) is 0 Å². The Morgan fingerprint density at radius 3 is 2.85 bits per heavy atom. The molecule has 0 spiro atoms. The van der Waals surface area contributed by atoms with E-state index in [0.717, 1.165) is 18.4 Å². The molecule has 3 unspecified atom stereocenters. The van der Waals surface area contributed by atoms with Crippen molar-refractivity contribution in [2.75, 3.05) is 6.54 Å². The van der Waals surface area contributed by atoms with E-state index in [-0.39, 0.29) is 0 Å². The van der Waals surface area contributed by atoms with E-state index in [0.29, 0.717) is 6.04 Å². The molecule has 0 saturated heterocycles. The maximum Gasteiger partial charge on any atom is 0.0370 e. The van der Waals surface area contributed by atoms with E-state index in [1.54, 1.807) is 0 Å². The summed E-state index contributed by atoms with van der Waals surface area (Å²) in [7, 11) is 0. The van der Waals surface area contributed by atoms with Crippen LogP contribution in [-0.2, 0) is 0 Å². The van der Waals surface area contributed by atoms with Crippen molar-refractivity contribution < 1.29 is 0 Å². The molecule has 3 atom stereocenters. The first-order valence-corrected chi connectivity index (χ1v) is 7.85. The van der Waals surface area contributed by atoms with Crippen molar-refractivity contribution in [3.05, 3.63) is 42.2 Å². The molecule has 1 aromatic heterocycles. The van der Waals surface area contributed by atoms with Crippen molar-refractivity contribution in [2.24, 2.45) is 11.8 Å². The van der Waals surface area contributed by atoms with Crippen LogP contribution in [0.4, 0.5) is 0 Å². The highest BCUT2D eigenvalue weighted by Gasteiger charge is 2.30. The van der Waals surface area contributed by atoms with Crippen LogP contribution in [0.1, 0.15) is 44.7 Å². The van der Waals surface area contributed by atoms with Crippen LogP contribution in [0.2, 0.25) is 0 Å². The van der Waals surface area contributed by atoms with Crippen molar-refractivity contribution in [2.45, 2.75) is 39.2 Å². The summed E-state index contributed by atoms with van der Waals surface area (Å²) < 4.78 is 0. The number of nitrogens with one attached hydrogen (secondary N) is 1. The monoisotopic (exact) mass is 268 g/mol. The zero-order valence-corrected chi connectivity index (χ0v) is 12.5. The molecule has 2 heteroatoms. The largest absolute Gasteiger partial charge is 0.310 e. The fourth-order valence-corrected chi connectivity index (χ4v) is 3.69. The molecule has 1 aliphatic rings. The van der Waals surface area contributed by atoms with Gasteiger partial charge < -0.3 is 5.32 Å². The molecule has 2 nitrogen and oxygen atoms in total. The van der Waals surface area contributed by atoms with Crippen molar-refractivity contribution in [1.29, 1.82) is 0 Å². The number of hydrogen-bond acceptors (Lipinski definition) is 2. The molecule has 0 radical (unpaired) electrons. The molecule has 0 bridgehead atoms. The second kappa shape index (κ2) is 5.92. The minimum Gasteiger partial charge on any atom is -0.310 e. The van der Waals surface area contributed by atoms with Gasteiger partial charge in [0.15, 0.2) is 0 Å². The molecule has 1 aromatic carbocycles. The molecule has 1 aliphatic carbocycles. The maximum atomic E-state index is 4.47. The normalized spacial score (nSPS) is 24.1. The van der Waals surface area contributed by atoms with Crippen molar-refractivity contribution in [3.63, 3.8) is 0 Å². The third-order valence-electron chi connectivity index (χ3n) is 4.66. The second-order valence-electron chi connectivity index (χ2n) is 6.16. The molecule has 106 valence electrons. The Hall–Kier alpha value is -1.41. The van der Waals surface area contributed by atoms with Gasteiger partial charge in [0.05, 0.1) is 0 Å². The summed E-state index contributed by atoms with van der Waals surface area (Å²) in [6.07, 6.45) is 8.07. The van der Waals surface area contributed by atoms with E-state index >= 15 is 0 Å². The van der Waals surface area contributed by atoms with Gasteiger partial charge in [-0.1, -0.05) is 44.5 Å². The lowest BCUT2D eigenvalue weighted by Crippen LogP contribution is -2.27. The van der Waals surface area contributed by atoms with Crippen molar-refractivity contribution >= 4 is 10.8 Å². The molecule has 3 rings (SSSR count). The lowest BCUT2D eigenvalue weighted by Gasteiger charge is -2.26. The van der Waals surface area contributed by atoms with Crippen LogP contribution in [0.15, 0.2) is 36.7 Å². The Morgan fingerprint density at radius 2 is 2.10 bits per heavy atom. The smallest absolute Gasteiger partial charge is 0.0370 e. The zero-order chi connectivity index (χ0) is 13.9. The third kappa shape index (κ3) is 2.57. The Morgan fingerprint density at radius 1 is 1.25 bits per heavy atom. The first-order valence-electron chi connectivity index (χ1n) is 7.85. The minimum absolute atomic E-state index is 0.448. The molecular weight excluding hydrogens is 244 g/mol. The average molecular weight is 268 g/mol. The van der Waals surface area contributed by atoms with E-state index in [2.05, 4.69) is 54.6 Å². The molecule has 0 aliphatic heterocycles. The van der Waals surface area contributed by atoms with Gasteiger partial charge in [-0.15, -0.1) is 0 Å². The average Bonchev–Trinajstić information content (AvgIpc) is 2.91. The number of nitrogens with zero attached hydrogens (tertiary/aromatic N) is 1. The predicted octanol–water partition coefficient (Wildman–Crippen LogP) is 4.32. The first-order chi connectivity index (χ1) is 9.79. The molecule has 1 saturated carbocycles. The molecule has 1 heterocycles. The molecule has 1 N–H and O–H groups in total. The highest BCUT2D eigenvalue weighted by atomic mass is 14.9. The van der Waals surface area contributed by atoms with Crippen LogP contribution < -0.4 is 5.32 Å². The van der Waals surface area contributed by atoms with Gasteiger partial charge in [0, 0.05) is 23.8 Å². The van der Waals surface area contributed by atoms with Gasteiger partial charge >= 0.3 is 0 Å². The van der Waals surface area contributed by atoms with Crippen molar-refractivity contribution in [3.8, 4) is 0 Å². The summed E-state index contributed by atoms with van der Waals surface area (Å²) in [4.78, 5) is 4.47. The topological polar surface area (TPSA) is 24.9 Å². The molecule has 1 fully saturated rings. The number of fused-ring (bicyclic) bond motifs is 1. The van der Waals surface area contributed by atoms with Gasteiger partial charge in [-0.25, -0.2) is 0 Å². The Bertz CT molecular complexity index is 573. The molecule has 2 aromatic rings. The van der Waals surface area contributed by atoms with Crippen LogP contribution in [0.25, 0.3) is 10.8 Å². The van der Waals surface area contributed by atoms with Gasteiger partial charge in [-0.3, -0.25) is 4.98 Å². The van der Waals surface area contributed by atoms with E-state index in [1.165, 1.54) is 35.6 Å². The number of benzene rings is 1. The highest BCUT2D eigenvalue weighted by molar-refractivity contribution is 5.85. The van der Waals surface area contributed by atoms with Crippen molar-refractivity contribution in [1.82, 2.24) is 10.3 Å². The van der Waals surface area contributed by atoms with E-state index in [1.807, 2.05) is 6.20 Å². The van der Waals surface area contributed by atoms with Crippen LogP contribution in [0.5, 0.6) is 0 Å². The lowest BCUT2D eigenvalue weighted by molar-refractivity contribution is 0.366. The highest BCUT2D eigenvalue weighted by Crippen LogP contribution is 2.40. The lowest BCUT2D eigenvalue weighted by atomic mass is 9.89. The summed E-state index contributed by atoms with van der Waals surface area (Å²) >= 11 is 0. The molecular formula is C18H24N2. The minimum atomic E-state index is 0.448. The second-order valence-corrected chi connectivity index (χ2v) is 6.16. The fraction of sp³-hybridized carbons (Fsp3) is 0.500. The summed E-state index contributed by atoms with van der Waals surface area (Å²) in [5.41, 5.74) is 1.38. The summed E-state index contributed by atoms with van der Waals surface area (Å²) in [6.45, 7) is 5.59. The number of hydrogen-bond donors (Lipinski definition) is 1. The van der Waals surface area contributed by atoms with Gasteiger partial charge in [-0.05, 0) is 42.2 Å². The Balaban J connectivity index is 2.01. The Kier molecular flexibility index (Phi) is 4.02. The third-order valence-corrected chi connectivity index (χ3v) is 4.66. The maximum absolute atomic E-state index is 4.47. The Labute approximate surface area is 121 Å². The fourth-order valence-electron chi connectivity index (χ4n) is 3.69. The molecule has 20 heavy (non-hydrogen) atoms. The summed E-state index contributed by atoms with van der Waals surface area (Å²) in [6, 6.07) is 9.06. The van der Waals surface area contributed by atoms with Crippen LogP contribution in [0.3, 0.4) is 0 Å². The van der Waals surface area contributed by atoms with E-state index < -0.39 is 0 Å². The van der Waals surface area contributed by atoms with Crippen LogP contribution in [-0.4, -0.2) is 11.5 Å². The zero-order valence-electron chi connectivity index (χ0n) is 12.5. The first kappa shape index (κ1) is 13.6. The van der Waals surface area contributed by atoms with Gasteiger partial charge in [0.1, 0.15) is 0 Å². The van der Waals surface area contributed by atoms with Gasteiger partial charge in [-0.2, -0.15) is 0 Å². The van der Waals surface area contributed by atoms with Crippen LogP contribution >= 0.6 is 0 Å². The SMILES string of the molecule is CCNC(c1cncc2ccccc12)C1CCC(C)C1. The van der Waals surface area contributed by atoms with E-state index in [4.69, 9.17) is 0 Å². The predicted molar refractivity (Wildman–Crippen MR) is 84.7 cm³/mol. The van der Waals surface area contributed by atoms with Gasteiger partial charge in [0.2, 0.25) is 0 Å². The number of pyridine rings is 1. The molecule has 0 amide bonds. The van der Waals surface area contributed by atoms with E-state index in [9.17, 15) is 0 Å². The number of aromatic nitrogens is 1. The summed E-state index contributed by atoms with van der Waals surface area (Å²) in [5, 5.41) is 6.32. The quantitative estimate of drug-likeness (QED) is 0.893. The standard InChI is InChI=1S/C18H24N2/c1-3-20-18(14-9-8-13(2)10-14)17-12-19-11-15-6-4-5-7-16(15)17/h4-7,11-14,18,20H,3,8-10H2,1-2H3. The summed E-state index contributed by atoms with van der Waals surface area (Å²) in [5.74, 6) is 1.61. The number of rotatable bonds is 4. The van der Waals surface area contributed by atoms with Crippen LogP contribution in [0, 0.1) is 11.8 Å².